The summed E-state index contributed by atoms with van der Waals surface area (Å²) in [6, 6.07) is 4.49. The smallest absolute Gasteiger partial charge is 0.399 e. The summed E-state index contributed by atoms with van der Waals surface area (Å²) in [7, 11) is -0.305. The minimum Gasteiger partial charge on any atom is -0.399 e. The lowest BCUT2D eigenvalue weighted by atomic mass is 9.79. The molecule has 2 saturated heterocycles. The van der Waals surface area contributed by atoms with E-state index in [-0.39, 0.29) is 18.3 Å². The van der Waals surface area contributed by atoms with E-state index in [1.807, 2.05) is 12.3 Å². The van der Waals surface area contributed by atoms with E-state index in [4.69, 9.17) is 9.31 Å². The molecule has 0 aromatic carbocycles. The molecule has 0 saturated carbocycles. The van der Waals surface area contributed by atoms with Gasteiger partial charge in [0.25, 0.3) is 0 Å². The molecule has 114 valence electrons. The Morgan fingerprint density at radius 2 is 1.90 bits per heavy atom. The van der Waals surface area contributed by atoms with Crippen molar-refractivity contribution >= 4 is 12.6 Å². The van der Waals surface area contributed by atoms with Crippen LogP contribution in [0.3, 0.4) is 0 Å². The monoisotopic (exact) mass is 288 g/mol. The Hall–Kier alpha value is -0.905. The van der Waals surface area contributed by atoms with E-state index in [0.29, 0.717) is 6.04 Å². The van der Waals surface area contributed by atoms with Gasteiger partial charge >= 0.3 is 7.12 Å². The highest BCUT2D eigenvalue weighted by molar-refractivity contribution is 6.62. The van der Waals surface area contributed by atoms with Gasteiger partial charge in [0.1, 0.15) is 0 Å². The number of piperidine rings is 1. The zero-order valence-corrected chi connectivity index (χ0v) is 13.5. The van der Waals surface area contributed by atoms with Gasteiger partial charge in [-0.1, -0.05) is 6.42 Å². The van der Waals surface area contributed by atoms with E-state index in [1.165, 1.54) is 12.8 Å². The topological polar surface area (TPSA) is 43.4 Å². The summed E-state index contributed by atoms with van der Waals surface area (Å²) in [6.07, 6.45) is 5.54. The summed E-state index contributed by atoms with van der Waals surface area (Å²) in [6.45, 7) is 9.40. The largest absolute Gasteiger partial charge is 0.494 e. The van der Waals surface area contributed by atoms with Gasteiger partial charge in [-0.3, -0.25) is 4.98 Å². The van der Waals surface area contributed by atoms with Gasteiger partial charge in [0.2, 0.25) is 0 Å². The number of pyridine rings is 1. The Bertz CT molecular complexity index is 497. The molecule has 0 spiro atoms. The Morgan fingerprint density at radius 3 is 2.52 bits per heavy atom. The van der Waals surface area contributed by atoms with Gasteiger partial charge in [-0.25, -0.2) is 0 Å². The van der Waals surface area contributed by atoms with Crippen molar-refractivity contribution < 1.29 is 9.31 Å². The second-order valence-corrected chi connectivity index (χ2v) is 7.10. The van der Waals surface area contributed by atoms with Crippen LogP contribution in [-0.4, -0.2) is 29.8 Å². The number of hydrogen-bond acceptors (Lipinski definition) is 4. The maximum atomic E-state index is 6.12. The molecule has 2 aliphatic rings. The van der Waals surface area contributed by atoms with Gasteiger partial charge in [-0.15, -0.1) is 0 Å². The average molecular weight is 288 g/mol. The highest BCUT2D eigenvalue weighted by atomic mass is 16.7. The van der Waals surface area contributed by atoms with E-state index in [0.717, 1.165) is 24.1 Å². The van der Waals surface area contributed by atoms with Crippen LogP contribution in [0.4, 0.5) is 0 Å². The second-order valence-electron chi connectivity index (χ2n) is 7.10. The van der Waals surface area contributed by atoms with Gasteiger partial charge in [-0.2, -0.15) is 0 Å². The van der Waals surface area contributed by atoms with Crippen LogP contribution in [0.15, 0.2) is 18.3 Å². The molecule has 21 heavy (non-hydrogen) atoms. The van der Waals surface area contributed by atoms with Gasteiger partial charge in [0.15, 0.2) is 0 Å². The molecule has 0 aliphatic carbocycles. The van der Waals surface area contributed by atoms with E-state index < -0.39 is 0 Å². The third kappa shape index (κ3) is 2.87. The van der Waals surface area contributed by atoms with Crippen molar-refractivity contribution in [2.24, 2.45) is 0 Å². The number of nitrogens with zero attached hydrogens (tertiary/aromatic N) is 1. The van der Waals surface area contributed by atoms with Crippen LogP contribution >= 0.6 is 0 Å². The van der Waals surface area contributed by atoms with Crippen LogP contribution < -0.4 is 10.8 Å². The van der Waals surface area contributed by atoms with E-state index >= 15 is 0 Å². The number of hydrogen-bond donors (Lipinski definition) is 1. The van der Waals surface area contributed by atoms with E-state index in [2.05, 4.69) is 44.1 Å². The first-order valence-corrected chi connectivity index (χ1v) is 7.94. The van der Waals surface area contributed by atoms with Gasteiger partial charge < -0.3 is 14.6 Å². The van der Waals surface area contributed by atoms with Crippen molar-refractivity contribution in [3.05, 3.63) is 24.0 Å². The quantitative estimate of drug-likeness (QED) is 0.847. The maximum absolute atomic E-state index is 6.12. The van der Waals surface area contributed by atoms with Crippen molar-refractivity contribution in [3.63, 3.8) is 0 Å². The second kappa shape index (κ2) is 5.38. The first-order chi connectivity index (χ1) is 9.89. The Kier molecular flexibility index (Phi) is 3.84. The average Bonchev–Trinajstić information content (AvgIpc) is 2.69. The molecule has 4 nitrogen and oxygen atoms in total. The maximum Gasteiger partial charge on any atom is 0.494 e. The number of rotatable bonds is 2. The minimum absolute atomic E-state index is 0.301. The molecule has 1 aromatic heterocycles. The first-order valence-electron chi connectivity index (χ1n) is 7.94. The lowest BCUT2D eigenvalue weighted by molar-refractivity contribution is 0.00578. The molecule has 3 rings (SSSR count). The SMILES string of the molecule is CC1(C)OB(c2ccnc([C@H]3CCCCN3)c2)OC1(C)C. The van der Waals surface area contributed by atoms with Gasteiger partial charge in [0, 0.05) is 12.2 Å². The molecule has 0 amide bonds. The Balaban J connectivity index is 1.81. The molecule has 0 unspecified atom stereocenters. The highest BCUT2D eigenvalue weighted by Crippen LogP contribution is 2.36. The fourth-order valence-electron chi connectivity index (χ4n) is 2.89. The summed E-state index contributed by atoms with van der Waals surface area (Å²) >= 11 is 0. The Morgan fingerprint density at radius 1 is 1.19 bits per heavy atom. The highest BCUT2D eigenvalue weighted by Gasteiger charge is 2.51. The molecule has 1 atom stereocenters. The fraction of sp³-hybridized carbons (Fsp3) is 0.688. The fourth-order valence-corrected chi connectivity index (χ4v) is 2.89. The number of nitrogens with one attached hydrogen (secondary N) is 1. The molecule has 2 fully saturated rings. The van der Waals surface area contributed by atoms with Crippen molar-refractivity contribution in [1.82, 2.24) is 10.3 Å². The van der Waals surface area contributed by atoms with E-state index in [9.17, 15) is 0 Å². The van der Waals surface area contributed by atoms with Crippen LogP contribution in [0.25, 0.3) is 0 Å². The van der Waals surface area contributed by atoms with Crippen LogP contribution in [0.2, 0.25) is 0 Å². The van der Waals surface area contributed by atoms with Gasteiger partial charge in [-0.05, 0) is 64.7 Å². The molecule has 1 N–H and O–H groups in total. The summed E-state index contributed by atoms with van der Waals surface area (Å²) in [5, 5.41) is 3.54. The Labute approximate surface area is 127 Å². The summed E-state index contributed by atoms with van der Waals surface area (Å²) < 4.78 is 12.2. The normalized spacial score (nSPS) is 27.8. The molecular formula is C16H25BN2O2. The van der Waals surface area contributed by atoms with Gasteiger partial charge in [0.05, 0.1) is 16.9 Å². The van der Waals surface area contributed by atoms with Crippen molar-refractivity contribution in [1.29, 1.82) is 0 Å². The summed E-state index contributed by atoms with van der Waals surface area (Å²) in [4.78, 5) is 4.53. The first kappa shape index (κ1) is 15.0. The predicted octanol–water partition coefficient (Wildman–Crippen LogP) is 2.20. The summed E-state index contributed by atoms with van der Waals surface area (Å²) in [5.41, 5.74) is 1.56. The molecule has 2 aliphatic heterocycles. The van der Waals surface area contributed by atoms with Crippen LogP contribution in [0.5, 0.6) is 0 Å². The predicted molar refractivity (Wildman–Crippen MR) is 84.5 cm³/mol. The standard InChI is InChI=1S/C16H25BN2O2/c1-15(2)16(3,4)21-17(20-15)12-8-10-19-14(11-12)13-7-5-6-9-18-13/h8,10-11,13,18H,5-7,9H2,1-4H3/t13-/m1/s1. The van der Waals surface area contributed by atoms with E-state index in [1.54, 1.807) is 0 Å². The number of aromatic nitrogens is 1. The molecule has 3 heterocycles. The van der Waals surface area contributed by atoms with Crippen LogP contribution in [-0.2, 0) is 9.31 Å². The molecule has 5 heteroatoms. The van der Waals surface area contributed by atoms with Crippen molar-refractivity contribution in [3.8, 4) is 0 Å². The van der Waals surface area contributed by atoms with Crippen LogP contribution in [0, 0.1) is 0 Å². The van der Waals surface area contributed by atoms with Crippen molar-refractivity contribution in [2.45, 2.75) is 64.2 Å². The van der Waals surface area contributed by atoms with Crippen LogP contribution in [0.1, 0.15) is 58.7 Å². The molecule has 0 bridgehead atoms. The third-order valence-corrected chi connectivity index (χ3v) is 5.00. The third-order valence-electron chi connectivity index (χ3n) is 5.00. The summed E-state index contributed by atoms with van der Waals surface area (Å²) in [5.74, 6) is 0. The lowest BCUT2D eigenvalue weighted by Crippen LogP contribution is -2.41. The zero-order chi connectivity index (χ0) is 15.1. The molecular weight excluding hydrogens is 263 g/mol. The lowest BCUT2D eigenvalue weighted by Gasteiger charge is -2.32. The molecule has 0 radical (unpaired) electrons. The minimum atomic E-state index is -0.305. The molecule has 1 aromatic rings. The zero-order valence-electron chi connectivity index (χ0n) is 13.5. The van der Waals surface area contributed by atoms with Crippen molar-refractivity contribution in [2.75, 3.05) is 6.54 Å².